The van der Waals surface area contributed by atoms with Crippen LogP contribution >= 0.6 is 22.9 Å². The minimum atomic E-state index is -0.136. The van der Waals surface area contributed by atoms with Crippen molar-refractivity contribution < 1.29 is 4.79 Å². The first kappa shape index (κ1) is 10.9. The number of nitrogens with one attached hydrogen (secondary N) is 1. The molecule has 15 heavy (non-hydrogen) atoms. The zero-order valence-electron chi connectivity index (χ0n) is 8.76. The standard InChI is InChI=1S/C10H13ClN2OS/c1-6-8(15-7(2)12-6)9(14)13-10(5-11)3-4-10/h3-5H2,1-2H3,(H,13,14). The summed E-state index contributed by atoms with van der Waals surface area (Å²) in [5, 5.41) is 3.91. The molecule has 0 bridgehead atoms. The highest BCUT2D eigenvalue weighted by molar-refractivity contribution is 7.13. The molecular weight excluding hydrogens is 232 g/mol. The van der Waals surface area contributed by atoms with Gasteiger partial charge >= 0.3 is 0 Å². The average molecular weight is 245 g/mol. The second-order valence-electron chi connectivity index (χ2n) is 4.02. The van der Waals surface area contributed by atoms with Gasteiger partial charge in [-0.2, -0.15) is 0 Å². The lowest BCUT2D eigenvalue weighted by Gasteiger charge is -2.12. The highest BCUT2D eigenvalue weighted by Gasteiger charge is 2.43. The van der Waals surface area contributed by atoms with E-state index in [1.807, 2.05) is 13.8 Å². The predicted molar refractivity (Wildman–Crippen MR) is 61.7 cm³/mol. The fourth-order valence-electron chi connectivity index (χ4n) is 1.48. The summed E-state index contributed by atoms with van der Waals surface area (Å²) in [6.45, 7) is 3.77. The molecule has 0 aromatic carbocycles. The molecule has 0 unspecified atom stereocenters. The third-order valence-corrected chi connectivity index (χ3v) is 4.18. The number of alkyl halides is 1. The molecule has 1 aromatic rings. The molecule has 82 valence electrons. The van der Waals surface area contributed by atoms with E-state index in [1.54, 1.807) is 0 Å². The van der Waals surface area contributed by atoms with E-state index in [4.69, 9.17) is 11.6 Å². The van der Waals surface area contributed by atoms with Crippen LogP contribution in [-0.4, -0.2) is 22.3 Å². The van der Waals surface area contributed by atoms with Crippen molar-refractivity contribution in [1.82, 2.24) is 10.3 Å². The lowest BCUT2D eigenvalue weighted by atomic mass is 10.3. The Morgan fingerprint density at radius 3 is 2.67 bits per heavy atom. The number of halogens is 1. The molecule has 1 heterocycles. The van der Waals surface area contributed by atoms with Gasteiger partial charge in [-0.1, -0.05) is 0 Å². The molecule has 1 aliphatic carbocycles. The van der Waals surface area contributed by atoms with Gasteiger partial charge in [0.25, 0.3) is 5.91 Å². The zero-order valence-corrected chi connectivity index (χ0v) is 10.3. The Labute approximate surface area is 97.9 Å². The van der Waals surface area contributed by atoms with Gasteiger partial charge in [-0.25, -0.2) is 4.98 Å². The first-order valence-electron chi connectivity index (χ1n) is 4.89. The number of hydrogen-bond donors (Lipinski definition) is 1. The number of amides is 1. The van der Waals surface area contributed by atoms with Gasteiger partial charge in [0.2, 0.25) is 0 Å². The molecule has 1 amide bonds. The molecule has 3 nitrogen and oxygen atoms in total. The smallest absolute Gasteiger partial charge is 0.263 e. The van der Waals surface area contributed by atoms with Gasteiger partial charge in [0.05, 0.1) is 16.2 Å². The molecule has 0 saturated heterocycles. The van der Waals surface area contributed by atoms with Crippen molar-refractivity contribution in [3.63, 3.8) is 0 Å². The summed E-state index contributed by atoms with van der Waals surface area (Å²) in [4.78, 5) is 16.8. The number of carbonyl (C=O) groups is 1. The van der Waals surface area contributed by atoms with E-state index in [1.165, 1.54) is 11.3 Å². The number of hydrogen-bond acceptors (Lipinski definition) is 3. The van der Waals surface area contributed by atoms with Crippen molar-refractivity contribution in [2.45, 2.75) is 32.2 Å². The molecule has 1 saturated carbocycles. The number of aryl methyl sites for hydroxylation is 2. The molecular formula is C10H13ClN2OS. The maximum Gasteiger partial charge on any atom is 0.263 e. The lowest BCUT2D eigenvalue weighted by molar-refractivity contribution is 0.0939. The van der Waals surface area contributed by atoms with Gasteiger partial charge in [0.15, 0.2) is 0 Å². The van der Waals surface area contributed by atoms with Crippen LogP contribution in [0.3, 0.4) is 0 Å². The van der Waals surface area contributed by atoms with Crippen LogP contribution in [0, 0.1) is 13.8 Å². The number of nitrogens with zero attached hydrogens (tertiary/aromatic N) is 1. The molecule has 2 rings (SSSR count). The van der Waals surface area contributed by atoms with Crippen LogP contribution in [0.1, 0.15) is 33.2 Å². The first-order chi connectivity index (χ1) is 7.06. The molecule has 0 spiro atoms. The molecule has 1 N–H and O–H groups in total. The summed E-state index contributed by atoms with van der Waals surface area (Å²) in [6, 6.07) is 0. The van der Waals surface area contributed by atoms with Gasteiger partial charge in [-0.3, -0.25) is 4.79 Å². The number of rotatable bonds is 3. The summed E-state index contributed by atoms with van der Waals surface area (Å²) in [6.07, 6.45) is 1.97. The second kappa shape index (κ2) is 3.76. The van der Waals surface area contributed by atoms with Crippen LogP contribution in [-0.2, 0) is 0 Å². The summed E-state index contributed by atoms with van der Waals surface area (Å²) in [5.74, 6) is 0.464. The summed E-state index contributed by atoms with van der Waals surface area (Å²) < 4.78 is 0. The van der Waals surface area contributed by atoms with Crippen LogP contribution in [0.5, 0.6) is 0 Å². The quantitative estimate of drug-likeness (QED) is 0.829. The molecule has 5 heteroatoms. The Bertz CT molecular complexity index is 398. The van der Waals surface area contributed by atoms with Gasteiger partial charge in [0.1, 0.15) is 4.88 Å². The Kier molecular flexibility index (Phi) is 2.73. The fraction of sp³-hybridized carbons (Fsp3) is 0.600. The maximum absolute atomic E-state index is 11.9. The third kappa shape index (κ3) is 2.16. The third-order valence-electron chi connectivity index (χ3n) is 2.60. The van der Waals surface area contributed by atoms with E-state index in [0.29, 0.717) is 10.8 Å². The average Bonchev–Trinajstić information content (AvgIpc) is 2.86. The van der Waals surface area contributed by atoms with Crippen LogP contribution < -0.4 is 5.32 Å². The van der Waals surface area contributed by atoms with E-state index >= 15 is 0 Å². The van der Waals surface area contributed by atoms with Gasteiger partial charge in [-0.05, 0) is 26.7 Å². The summed E-state index contributed by atoms with van der Waals surface area (Å²) >= 11 is 7.24. The highest BCUT2D eigenvalue weighted by atomic mass is 35.5. The Hall–Kier alpha value is -0.610. The van der Waals surface area contributed by atoms with E-state index in [9.17, 15) is 4.79 Å². The minimum Gasteiger partial charge on any atom is -0.345 e. The molecule has 1 fully saturated rings. The molecule has 1 aromatic heterocycles. The van der Waals surface area contributed by atoms with Gasteiger partial charge in [0, 0.05) is 5.88 Å². The van der Waals surface area contributed by atoms with Crippen LogP contribution in [0.4, 0.5) is 0 Å². The van der Waals surface area contributed by atoms with Crippen molar-refractivity contribution >= 4 is 28.8 Å². The van der Waals surface area contributed by atoms with Crippen molar-refractivity contribution in [2.24, 2.45) is 0 Å². The molecule has 0 radical (unpaired) electrons. The van der Waals surface area contributed by atoms with Crippen LogP contribution in [0.25, 0.3) is 0 Å². The number of carbonyl (C=O) groups excluding carboxylic acids is 1. The first-order valence-corrected chi connectivity index (χ1v) is 6.24. The van der Waals surface area contributed by atoms with Crippen molar-refractivity contribution in [2.75, 3.05) is 5.88 Å². The van der Waals surface area contributed by atoms with Gasteiger partial charge < -0.3 is 5.32 Å². The number of aromatic nitrogens is 1. The highest BCUT2D eigenvalue weighted by Crippen LogP contribution is 2.37. The Morgan fingerprint density at radius 1 is 1.60 bits per heavy atom. The van der Waals surface area contributed by atoms with Crippen molar-refractivity contribution in [1.29, 1.82) is 0 Å². The van der Waals surface area contributed by atoms with Crippen molar-refractivity contribution in [3.8, 4) is 0 Å². The van der Waals surface area contributed by atoms with E-state index in [-0.39, 0.29) is 11.4 Å². The lowest BCUT2D eigenvalue weighted by Crippen LogP contribution is -2.38. The normalized spacial score (nSPS) is 17.5. The predicted octanol–water partition coefficient (Wildman–Crippen LogP) is 2.26. The molecule has 1 aliphatic rings. The number of thiazole rings is 1. The Balaban J connectivity index is 2.11. The summed E-state index contributed by atoms with van der Waals surface area (Å²) in [5.41, 5.74) is 0.670. The minimum absolute atomic E-state index is 0.0312. The van der Waals surface area contributed by atoms with Crippen molar-refractivity contribution in [3.05, 3.63) is 15.6 Å². The maximum atomic E-state index is 11.9. The van der Waals surface area contributed by atoms with E-state index in [0.717, 1.165) is 23.5 Å². The fourth-order valence-corrected chi connectivity index (χ4v) is 2.63. The topological polar surface area (TPSA) is 42.0 Å². The van der Waals surface area contributed by atoms with Gasteiger partial charge in [-0.15, -0.1) is 22.9 Å². The zero-order chi connectivity index (χ0) is 11.1. The SMILES string of the molecule is Cc1nc(C)c(C(=O)NC2(CCl)CC2)s1. The largest absolute Gasteiger partial charge is 0.345 e. The monoisotopic (exact) mass is 244 g/mol. The van der Waals surface area contributed by atoms with Crippen LogP contribution in [0.2, 0.25) is 0 Å². The van der Waals surface area contributed by atoms with E-state index < -0.39 is 0 Å². The molecule has 0 aliphatic heterocycles. The molecule has 0 atom stereocenters. The summed E-state index contributed by atoms with van der Waals surface area (Å²) in [7, 11) is 0. The van der Waals surface area contributed by atoms with Crippen LogP contribution in [0.15, 0.2) is 0 Å². The van der Waals surface area contributed by atoms with E-state index in [2.05, 4.69) is 10.3 Å². The second-order valence-corrected chi connectivity index (χ2v) is 5.49. The Morgan fingerprint density at radius 2 is 2.27 bits per heavy atom.